The lowest BCUT2D eigenvalue weighted by molar-refractivity contribution is 0.670. The molecule has 0 spiro atoms. The van der Waals surface area contributed by atoms with Gasteiger partial charge in [-0.1, -0.05) is 170 Å². The van der Waals surface area contributed by atoms with Gasteiger partial charge in [0.1, 0.15) is 11.2 Å². The number of hydrogen-bond donors (Lipinski definition) is 0. The van der Waals surface area contributed by atoms with Crippen molar-refractivity contribution in [3.8, 4) is 67.3 Å². The first kappa shape index (κ1) is 32.8. The summed E-state index contributed by atoms with van der Waals surface area (Å²) in [4.78, 5) is 10.6. The van der Waals surface area contributed by atoms with Crippen molar-refractivity contribution in [2.45, 2.75) is 0 Å². The van der Waals surface area contributed by atoms with E-state index in [1.807, 2.05) is 30.3 Å². The molecule has 3 nitrogen and oxygen atoms in total. The Morgan fingerprint density at radius 1 is 0.298 bits per heavy atom. The maximum absolute atomic E-state index is 6.60. The summed E-state index contributed by atoms with van der Waals surface area (Å²) in [7, 11) is 0. The van der Waals surface area contributed by atoms with Gasteiger partial charge in [-0.05, 0) is 85.8 Å². The summed E-state index contributed by atoms with van der Waals surface area (Å²) < 4.78 is 6.60. The molecule has 2 aromatic heterocycles. The summed E-state index contributed by atoms with van der Waals surface area (Å²) >= 11 is 0. The summed E-state index contributed by atoms with van der Waals surface area (Å²) in [5, 5.41) is 7.03. The van der Waals surface area contributed by atoms with Crippen LogP contribution in [0.15, 0.2) is 211 Å². The number of hydrogen-bond acceptors (Lipinski definition) is 3. The minimum absolute atomic E-state index is 0.674. The van der Waals surface area contributed by atoms with Crippen LogP contribution in [-0.2, 0) is 0 Å². The van der Waals surface area contributed by atoms with E-state index in [-0.39, 0.29) is 0 Å². The zero-order chi connectivity index (χ0) is 37.7. The van der Waals surface area contributed by atoms with E-state index in [0.29, 0.717) is 5.82 Å². The Morgan fingerprint density at radius 3 is 1.81 bits per heavy atom. The smallest absolute Gasteiger partial charge is 0.160 e. The number of aromatic nitrogens is 2. The molecule has 0 radical (unpaired) electrons. The van der Waals surface area contributed by atoms with Gasteiger partial charge in [0.2, 0.25) is 0 Å². The molecule has 266 valence electrons. The average molecular weight is 727 g/mol. The highest BCUT2D eigenvalue weighted by molar-refractivity contribution is 6.10. The van der Waals surface area contributed by atoms with Crippen LogP contribution in [0.25, 0.3) is 111 Å². The lowest BCUT2D eigenvalue weighted by atomic mass is 9.91. The molecule has 0 unspecified atom stereocenters. The summed E-state index contributed by atoms with van der Waals surface area (Å²) in [6.45, 7) is 0. The first-order valence-corrected chi connectivity index (χ1v) is 19.3. The number of para-hydroxylation sites is 2. The molecular formula is C54H34N2O. The van der Waals surface area contributed by atoms with E-state index >= 15 is 0 Å². The van der Waals surface area contributed by atoms with Crippen LogP contribution < -0.4 is 0 Å². The van der Waals surface area contributed by atoms with Gasteiger partial charge in [0, 0.05) is 33.0 Å². The van der Waals surface area contributed by atoms with Crippen molar-refractivity contribution in [2.75, 3.05) is 0 Å². The van der Waals surface area contributed by atoms with Gasteiger partial charge in [-0.2, -0.15) is 0 Å². The Labute approximate surface area is 330 Å². The minimum atomic E-state index is 0.674. The number of fused-ring (bicyclic) bond motifs is 5. The van der Waals surface area contributed by atoms with Gasteiger partial charge in [0.25, 0.3) is 0 Å². The van der Waals surface area contributed by atoms with E-state index in [1.54, 1.807) is 0 Å². The molecule has 0 amide bonds. The molecule has 2 heterocycles. The molecule has 0 aliphatic heterocycles. The second kappa shape index (κ2) is 13.6. The zero-order valence-electron chi connectivity index (χ0n) is 30.9. The second-order valence-electron chi connectivity index (χ2n) is 14.5. The van der Waals surface area contributed by atoms with Gasteiger partial charge >= 0.3 is 0 Å². The highest BCUT2D eigenvalue weighted by atomic mass is 16.3. The molecule has 0 atom stereocenters. The van der Waals surface area contributed by atoms with E-state index in [2.05, 4.69) is 176 Å². The maximum Gasteiger partial charge on any atom is 0.160 e. The van der Waals surface area contributed by atoms with Crippen LogP contribution in [0.2, 0.25) is 0 Å². The molecule has 0 saturated heterocycles. The van der Waals surface area contributed by atoms with Crippen LogP contribution in [0.3, 0.4) is 0 Å². The fraction of sp³-hybridized carbons (Fsp3) is 0. The Hall–Kier alpha value is -7.62. The molecule has 0 bridgehead atoms. The van der Waals surface area contributed by atoms with Crippen LogP contribution in [0.1, 0.15) is 0 Å². The van der Waals surface area contributed by atoms with Crippen molar-refractivity contribution >= 4 is 43.5 Å². The molecule has 0 saturated carbocycles. The number of furan rings is 1. The number of rotatable bonds is 6. The van der Waals surface area contributed by atoms with Crippen LogP contribution in [0.4, 0.5) is 0 Å². The Balaban J connectivity index is 1.17. The fourth-order valence-corrected chi connectivity index (χ4v) is 8.29. The molecular weight excluding hydrogens is 693 g/mol. The van der Waals surface area contributed by atoms with Crippen molar-refractivity contribution < 1.29 is 4.42 Å². The van der Waals surface area contributed by atoms with Crippen molar-refractivity contribution in [1.82, 2.24) is 9.97 Å². The van der Waals surface area contributed by atoms with E-state index in [4.69, 9.17) is 14.4 Å². The Kier molecular flexibility index (Phi) is 7.82. The summed E-state index contributed by atoms with van der Waals surface area (Å²) in [5.74, 6) is 0.674. The van der Waals surface area contributed by atoms with Gasteiger partial charge in [-0.15, -0.1) is 0 Å². The molecule has 11 aromatic rings. The largest absolute Gasteiger partial charge is 0.455 e. The van der Waals surface area contributed by atoms with Crippen LogP contribution in [0.5, 0.6) is 0 Å². The highest BCUT2D eigenvalue weighted by Crippen LogP contribution is 2.41. The van der Waals surface area contributed by atoms with Gasteiger partial charge in [-0.25, -0.2) is 9.97 Å². The molecule has 0 aliphatic rings. The fourth-order valence-electron chi connectivity index (χ4n) is 8.29. The lowest BCUT2D eigenvalue weighted by Gasteiger charge is -2.16. The van der Waals surface area contributed by atoms with Crippen LogP contribution >= 0.6 is 0 Å². The average Bonchev–Trinajstić information content (AvgIpc) is 3.68. The van der Waals surface area contributed by atoms with Gasteiger partial charge < -0.3 is 4.42 Å². The summed E-state index contributed by atoms with van der Waals surface area (Å²) in [5.41, 5.74) is 13.1. The number of benzene rings is 9. The van der Waals surface area contributed by atoms with Crippen LogP contribution in [0, 0.1) is 0 Å². The Morgan fingerprint density at radius 2 is 0.912 bits per heavy atom. The quantitative estimate of drug-likeness (QED) is 0.171. The molecule has 57 heavy (non-hydrogen) atoms. The third-order valence-corrected chi connectivity index (χ3v) is 11.1. The van der Waals surface area contributed by atoms with E-state index < -0.39 is 0 Å². The Bertz CT molecular complexity index is 3300. The van der Waals surface area contributed by atoms with E-state index in [0.717, 1.165) is 77.8 Å². The monoisotopic (exact) mass is 726 g/mol. The summed E-state index contributed by atoms with van der Waals surface area (Å²) in [6, 6.07) is 72.8. The molecule has 0 N–H and O–H groups in total. The predicted octanol–water partition coefficient (Wildman–Crippen LogP) is 14.7. The van der Waals surface area contributed by atoms with E-state index in [9.17, 15) is 0 Å². The van der Waals surface area contributed by atoms with Crippen molar-refractivity contribution in [3.63, 3.8) is 0 Å². The first-order valence-electron chi connectivity index (χ1n) is 19.3. The normalized spacial score (nSPS) is 11.5. The van der Waals surface area contributed by atoms with Crippen molar-refractivity contribution in [1.29, 1.82) is 0 Å². The topological polar surface area (TPSA) is 38.9 Å². The maximum atomic E-state index is 6.60. The second-order valence-corrected chi connectivity index (χ2v) is 14.5. The number of nitrogens with zero attached hydrogens (tertiary/aromatic N) is 2. The van der Waals surface area contributed by atoms with Gasteiger partial charge in [0.05, 0.1) is 11.4 Å². The third kappa shape index (κ3) is 5.85. The minimum Gasteiger partial charge on any atom is -0.455 e. The molecule has 11 rings (SSSR count). The van der Waals surface area contributed by atoms with Crippen LogP contribution in [-0.4, -0.2) is 9.97 Å². The molecule has 0 aliphatic carbocycles. The molecule has 3 heteroatoms. The van der Waals surface area contributed by atoms with Gasteiger partial charge in [0.15, 0.2) is 5.82 Å². The summed E-state index contributed by atoms with van der Waals surface area (Å²) in [6.07, 6.45) is 0. The predicted molar refractivity (Wildman–Crippen MR) is 237 cm³/mol. The van der Waals surface area contributed by atoms with Crippen molar-refractivity contribution in [3.05, 3.63) is 206 Å². The highest BCUT2D eigenvalue weighted by Gasteiger charge is 2.18. The lowest BCUT2D eigenvalue weighted by Crippen LogP contribution is -1.98. The molecule has 9 aromatic carbocycles. The van der Waals surface area contributed by atoms with Crippen molar-refractivity contribution in [2.24, 2.45) is 0 Å². The third-order valence-electron chi connectivity index (χ3n) is 11.1. The molecule has 0 fully saturated rings. The SMILES string of the molecule is c1ccc(-c2nc(-c3cc(-c4ccc5ccccc5c4)cc(-c4cccc5c4oc4ccccc45)c3)cc(-c3ccccc3-c3cccc4ccccc34)n2)cc1. The van der Waals surface area contributed by atoms with E-state index in [1.165, 1.54) is 27.1 Å². The standard InChI is InChI=1S/C54H34N2O/c1-2-16-37(17-3-1)54-55-50(34-51(56-54)47-22-9-8-21-46(47)45-25-12-19-36-15-6-7-20-43(36)45)42-32-40(39-29-28-35-14-4-5-18-38(35)30-39)31-41(33-42)44-24-13-26-49-48-23-10-11-27-52(48)57-53(44)49/h1-34H. The van der Waals surface area contributed by atoms with Gasteiger partial charge in [-0.3, -0.25) is 0 Å². The zero-order valence-corrected chi connectivity index (χ0v) is 30.9. The first-order chi connectivity index (χ1) is 28.2.